The Morgan fingerprint density at radius 1 is 1.32 bits per heavy atom. The lowest BCUT2D eigenvalue weighted by Crippen LogP contribution is -2.54. The summed E-state index contributed by atoms with van der Waals surface area (Å²) in [5.41, 5.74) is -0.687. The van der Waals surface area contributed by atoms with Gasteiger partial charge in [-0.2, -0.15) is 11.8 Å². The van der Waals surface area contributed by atoms with E-state index < -0.39 is 5.54 Å². The average molecular weight is 291 g/mol. The topological polar surface area (TPSA) is 58.6 Å². The Morgan fingerprint density at radius 3 is 2.21 bits per heavy atom. The van der Waals surface area contributed by atoms with Gasteiger partial charge in [-0.1, -0.05) is 13.8 Å². The molecular formula is C14H29NO3S. The molecule has 0 saturated carbocycles. The number of methoxy groups -OCH3 is 1. The molecule has 0 saturated heterocycles. The van der Waals surface area contributed by atoms with E-state index in [4.69, 9.17) is 4.74 Å². The standard InChI is InChI=1S/C14H29NO3S/c1-9(2)15-14(6,13(17)18-7)8-10(3)19-12(5)11(4)16/h9-12,15-16H,8H2,1-7H3. The number of carbonyl (C=O) groups excluding carboxylic acids is 1. The Hall–Kier alpha value is -0.260. The third-order valence-electron chi connectivity index (χ3n) is 3.07. The number of aliphatic hydroxyl groups excluding tert-OH is 1. The van der Waals surface area contributed by atoms with E-state index in [2.05, 4.69) is 12.2 Å². The van der Waals surface area contributed by atoms with Crippen molar-refractivity contribution in [2.24, 2.45) is 0 Å². The fourth-order valence-electron chi connectivity index (χ4n) is 2.17. The number of nitrogens with one attached hydrogen (secondary N) is 1. The molecule has 2 N–H and O–H groups in total. The molecule has 0 amide bonds. The Balaban J connectivity index is 4.68. The van der Waals surface area contributed by atoms with E-state index in [1.807, 2.05) is 27.7 Å². The lowest BCUT2D eigenvalue weighted by Gasteiger charge is -2.33. The van der Waals surface area contributed by atoms with Crippen molar-refractivity contribution in [1.29, 1.82) is 0 Å². The molecule has 0 heterocycles. The van der Waals surface area contributed by atoms with Gasteiger partial charge in [0.1, 0.15) is 5.54 Å². The molecular weight excluding hydrogens is 262 g/mol. The van der Waals surface area contributed by atoms with E-state index in [9.17, 15) is 9.90 Å². The van der Waals surface area contributed by atoms with Gasteiger partial charge in [0.15, 0.2) is 0 Å². The lowest BCUT2D eigenvalue weighted by molar-refractivity contribution is -0.148. The van der Waals surface area contributed by atoms with Gasteiger partial charge in [0.05, 0.1) is 13.2 Å². The van der Waals surface area contributed by atoms with E-state index in [0.717, 1.165) is 0 Å². The number of thioether (sulfide) groups is 1. The van der Waals surface area contributed by atoms with Crippen LogP contribution in [0.1, 0.15) is 48.0 Å². The Bertz CT molecular complexity index is 284. The Labute approximate surface area is 121 Å². The molecule has 4 atom stereocenters. The second kappa shape index (κ2) is 8.12. The van der Waals surface area contributed by atoms with Crippen LogP contribution in [0.2, 0.25) is 0 Å². The van der Waals surface area contributed by atoms with Gasteiger partial charge >= 0.3 is 5.97 Å². The number of ether oxygens (including phenoxy) is 1. The molecule has 0 fully saturated rings. The molecule has 0 radical (unpaired) electrons. The number of rotatable bonds is 8. The minimum atomic E-state index is -0.687. The number of aliphatic hydroxyl groups is 1. The summed E-state index contributed by atoms with van der Waals surface area (Å²) in [6.07, 6.45) is 0.314. The van der Waals surface area contributed by atoms with Gasteiger partial charge in [-0.05, 0) is 34.1 Å². The summed E-state index contributed by atoms with van der Waals surface area (Å²) in [6, 6.07) is 0.204. The van der Waals surface area contributed by atoms with Crippen LogP contribution < -0.4 is 5.32 Å². The van der Waals surface area contributed by atoms with Crippen LogP contribution in [0, 0.1) is 0 Å². The van der Waals surface area contributed by atoms with Gasteiger partial charge in [0.25, 0.3) is 0 Å². The summed E-state index contributed by atoms with van der Waals surface area (Å²) in [4.78, 5) is 12.0. The normalized spacial score (nSPS) is 19.6. The van der Waals surface area contributed by atoms with Crippen molar-refractivity contribution >= 4 is 17.7 Å². The number of hydrogen-bond acceptors (Lipinski definition) is 5. The van der Waals surface area contributed by atoms with Crippen molar-refractivity contribution in [1.82, 2.24) is 5.32 Å². The molecule has 0 rings (SSSR count). The first kappa shape index (κ1) is 18.7. The molecule has 4 nitrogen and oxygen atoms in total. The van der Waals surface area contributed by atoms with Crippen molar-refractivity contribution in [3.05, 3.63) is 0 Å². The van der Waals surface area contributed by atoms with Gasteiger partial charge in [0.2, 0.25) is 0 Å². The van der Waals surface area contributed by atoms with Crippen LogP contribution in [-0.4, -0.2) is 46.4 Å². The zero-order valence-corrected chi connectivity index (χ0v) is 14.0. The molecule has 0 aliphatic heterocycles. The van der Waals surface area contributed by atoms with E-state index in [1.165, 1.54) is 7.11 Å². The summed E-state index contributed by atoms with van der Waals surface area (Å²) in [6.45, 7) is 11.8. The first-order chi connectivity index (χ1) is 8.62. The highest BCUT2D eigenvalue weighted by Crippen LogP contribution is 2.28. The first-order valence-electron chi connectivity index (χ1n) is 6.82. The van der Waals surface area contributed by atoms with Crippen molar-refractivity contribution in [2.45, 2.75) is 76.1 Å². The maximum absolute atomic E-state index is 12.0. The van der Waals surface area contributed by atoms with Gasteiger partial charge in [-0.15, -0.1) is 0 Å². The highest BCUT2D eigenvalue weighted by Gasteiger charge is 2.36. The highest BCUT2D eigenvalue weighted by molar-refractivity contribution is 8.00. The minimum Gasteiger partial charge on any atom is -0.468 e. The van der Waals surface area contributed by atoms with Crippen LogP contribution in [0.25, 0.3) is 0 Å². The number of esters is 1. The van der Waals surface area contributed by atoms with Crippen LogP contribution in [0.4, 0.5) is 0 Å². The summed E-state index contributed by atoms with van der Waals surface area (Å²) in [7, 11) is 1.42. The van der Waals surface area contributed by atoms with Crippen LogP contribution >= 0.6 is 11.8 Å². The SMILES string of the molecule is COC(=O)C(C)(CC(C)SC(C)C(C)O)NC(C)C. The molecule has 0 aliphatic rings. The molecule has 4 unspecified atom stereocenters. The number of hydrogen-bond donors (Lipinski definition) is 2. The maximum Gasteiger partial charge on any atom is 0.325 e. The average Bonchev–Trinajstić information content (AvgIpc) is 2.25. The second-order valence-corrected chi connectivity index (χ2v) is 7.54. The molecule has 0 spiro atoms. The fourth-order valence-corrected chi connectivity index (χ4v) is 3.56. The largest absolute Gasteiger partial charge is 0.468 e. The zero-order chi connectivity index (χ0) is 15.2. The van der Waals surface area contributed by atoms with Crippen molar-refractivity contribution < 1.29 is 14.6 Å². The monoisotopic (exact) mass is 291 g/mol. The molecule has 0 aliphatic carbocycles. The van der Waals surface area contributed by atoms with Crippen LogP contribution in [0.5, 0.6) is 0 Å². The molecule has 0 aromatic rings. The van der Waals surface area contributed by atoms with E-state index in [0.29, 0.717) is 6.42 Å². The Kier molecular flexibility index (Phi) is 8.01. The van der Waals surface area contributed by atoms with Gasteiger partial charge in [-0.25, -0.2) is 0 Å². The molecule has 114 valence electrons. The van der Waals surface area contributed by atoms with Crippen LogP contribution in [0.15, 0.2) is 0 Å². The molecule has 0 aromatic heterocycles. The quantitative estimate of drug-likeness (QED) is 0.671. The third kappa shape index (κ3) is 6.63. The molecule has 5 heteroatoms. The third-order valence-corrected chi connectivity index (χ3v) is 4.52. The predicted molar refractivity (Wildman–Crippen MR) is 81.5 cm³/mol. The van der Waals surface area contributed by atoms with Crippen molar-refractivity contribution in [3.8, 4) is 0 Å². The maximum atomic E-state index is 12.0. The van der Waals surface area contributed by atoms with Crippen molar-refractivity contribution in [3.63, 3.8) is 0 Å². The molecule has 19 heavy (non-hydrogen) atoms. The molecule has 0 aromatic carbocycles. The second-order valence-electron chi connectivity index (χ2n) is 5.72. The van der Waals surface area contributed by atoms with Gasteiger partial charge < -0.3 is 9.84 Å². The zero-order valence-electron chi connectivity index (χ0n) is 13.2. The summed E-state index contributed by atoms with van der Waals surface area (Å²) >= 11 is 1.69. The first-order valence-corrected chi connectivity index (χ1v) is 7.76. The summed E-state index contributed by atoms with van der Waals surface area (Å²) in [5, 5.41) is 13.2. The Morgan fingerprint density at radius 2 is 1.84 bits per heavy atom. The van der Waals surface area contributed by atoms with E-state index in [-0.39, 0.29) is 28.6 Å². The van der Waals surface area contributed by atoms with Crippen molar-refractivity contribution in [2.75, 3.05) is 7.11 Å². The van der Waals surface area contributed by atoms with Gasteiger partial charge in [0, 0.05) is 16.5 Å². The minimum absolute atomic E-state index is 0.149. The van der Waals surface area contributed by atoms with Crippen LogP contribution in [0.3, 0.4) is 0 Å². The summed E-state index contributed by atoms with van der Waals surface area (Å²) < 4.78 is 4.91. The van der Waals surface area contributed by atoms with E-state index in [1.54, 1.807) is 18.7 Å². The van der Waals surface area contributed by atoms with E-state index >= 15 is 0 Å². The lowest BCUT2D eigenvalue weighted by atomic mass is 9.95. The summed E-state index contributed by atoms with van der Waals surface area (Å²) in [5.74, 6) is -0.238. The predicted octanol–water partition coefficient (Wildman–Crippen LogP) is 2.20. The number of carbonyl (C=O) groups is 1. The molecule has 0 bridgehead atoms. The smallest absolute Gasteiger partial charge is 0.325 e. The van der Waals surface area contributed by atoms with Gasteiger partial charge in [-0.3, -0.25) is 10.1 Å². The van der Waals surface area contributed by atoms with Crippen LogP contribution in [-0.2, 0) is 9.53 Å². The fraction of sp³-hybridized carbons (Fsp3) is 0.929. The highest BCUT2D eigenvalue weighted by atomic mass is 32.2.